The van der Waals surface area contributed by atoms with E-state index in [0.29, 0.717) is 0 Å². The van der Waals surface area contributed by atoms with Crippen LogP contribution in [0, 0.1) is 0 Å². The van der Waals surface area contributed by atoms with Crippen LogP contribution in [0.15, 0.2) is 0 Å². The Bertz CT molecular complexity index is 139. The summed E-state index contributed by atoms with van der Waals surface area (Å²) in [5.74, 6) is 0.740. The summed E-state index contributed by atoms with van der Waals surface area (Å²) in [6.07, 6.45) is 5.20. The van der Waals surface area contributed by atoms with Gasteiger partial charge in [0.15, 0.2) is 0 Å². The molecule has 0 unspecified atom stereocenters. The lowest BCUT2D eigenvalue weighted by molar-refractivity contribution is 0.0683. The first-order valence-corrected chi connectivity index (χ1v) is 6.29. The van der Waals surface area contributed by atoms with Gasteiger partial charge in [0.2, 0.25) is 0 Å². The van der Waals surface area contributed by atoms with E-state index < -0.39 is 0 Å². The maximum Gasteiger partial charge on any atom is 0.0593 e. The minimum Gasteiger partial charge on any atom is -0.380 e. The summed E-state index contributed by atoms with van der Waals surface area (Å²) in [4.78, 5) is 2.48. The summed E-state index contributed by atoms with van der Waals surface area (Å²) in [6.45, 7) is 5.96. The van der Waals surface area contributed by atoms with Crippen LogP contribution in [0.4, 0.5) is 0 Å². The predicted octanol–water partition coefficient (Wildman–Crippen LogP) is 2.51. The van der Waals surface area contributed by atoms with Crippen molar-refractivity contribution in [2.75, 3.05) is 32.2 Å². The Morgan fingerprint density at radius 2 is 2.07 bits per heavy atom. The van der Waals surface area contributed by atoms with Crippen molar-refractivity contribution >= 4 is 11.6 Å². The van der Waals surface area contributed by atoms with Gasteiger partial charge >= 0.3 is 0 Å². The Hall–Kier alpha value is 0.210. The van der Waals surface area contributed by atoms with E-state index in [1.54, 1.807) is 0 Å². The molecule has 0 atom stereocenters. The number of halogens is 1. The van der Waals surface area contributed by atoms with Gasteiger partial charge < -0.3 is 4.74 Å². The SMILES string of the molecule is CCCOCCN(CCCl)C1CCC1. The van der Waals surface area contributed by atoms with E-state index in [1.807, 2.05) is 0 Å². The van der Waals surface area contributed by atoms with E-state index in [2.05, 4.69) is 11.8 Å². The standard InChI is InChI=1S/C11H22ClNO/c1-2-9-14-10-8-13(7-6-12)11-4-3-5-11/h11H,2-10H2,1H3. The fraction of sp³-hybridized carbons (Fsp3) is 1.00. The van der Waals surface area contributed by atoms with E-state index in [4.69, 9.17) is 16.3 Å². The van der Waals surface area contributed by atoms with E-state index in [-0.39, 0.29) is 0 Å². The van der Waals surface area contributed by atoms with Gasteiger partial charge in [-0.2, -0.15) is 0 Å². The molecule has 0 aliphatic heterocycles. The molecule has 0 radical (unpaired) electrons. The minimum atomic E-state index is 0.740. The van der Waals surface area contributed by atoms with Gasteiger partial charge in [-0.1, -0.05) is 13.3 Å². The lowest BCUT2D eigenvalue weighted by atomic mass is 9.91. The molecule has 3 heteroatoms. The molecule has 0 aromatic carbocycles. The molecule has 2 nitrogen and oxygen atoms in total. The van der Waals surface area contributed by atoms with Crippen molar-refractivity contribution in [3.05, 3.63) is 0 Å². The highest BCUT2D eigenvalue weighted by Crippen LogP contribution is 2.24. The fourth-order valence-electron chi connectivity index (χ4n) is 1.77. The van der Waals surface area contributed by atoms with Gasteiger partial charge in [0.05, 0.1) is 6.61 Å². The summed E-state index contributed by atoms with van der Waals surface area (Å²) in [5.41, 5.74) is 0. The van der Waals surface area contributed by atoms with Gasteiger partial charge in [-0.3, -0.25) is 4.90 Å². The normalized spacial score (nSPS) is 17.4. The van der Waals surface area contributed by atoms with Crippen molar-refractivity contribution in [1.29, 1.82) is 0 Å². The highest BCUT2D eigenvalue weighted by molar-refractivity contribution is 6.18. The molecule has 1 aliphatic carbocycles. The van der Waals surface area contributed by atoms with E-state index in [0.717, 1.165) is 44.6 Å². The molecular formula is C11H22ClNO. The van der Waals surface area contributed by atoms with E-state index >= 15 is 0 Å². The molecule has 0 spiro atoms. The first-order valence-electron chi connectivity index (χ1n) is 5.76. The maximum atomic E-state index is 5.78. The van der Waals surface area contributed by atoms with Crippen LogP contribution in [-0.2, 0) is 4.74 Å². The molecular weight excluding hydrogens is 198 g/mol. The van der Waals surface area contributed by atoms with Crippen molar-refractivity contribution in [3.8, 4) is 0 Å². The lowest BCUT2D eigenvalue weighted by Gasteiger charge is -2.37. The summed E-state index contributed by atoms with van der Waals surface area (Å²) in [6, 6.07) is 0.791. The van der Waals surface area contributed by atoms with Gasteiger partial charge in [-0.05, 0) is 19.3 Å². The Kier molecular flexibility index (Phi) is 6.57. The molecule has 14 heavy (non-hydrogen) atoms. The van der Waals surface area contributed by atoms with Gasteiger partial charge in [0, 0.05) is 31.6 Å². The monoisotopic (exact) mass is 219 g/mol. The van der Waals surface area contributed by atoms with Crippen molar-refractivity contribution in [1.82, 2.24) is 4.90 Å². The zero-order valence-corrected chi connectivity index (χ0v) is 9.93. The van der Waals surface area contributed by atoms with Crippen LogP contribution in [0.1, 0.15) is 32.6 Å². The molecule has 84 valence electrons. The molecule has 1 rings (SSSR count). The third-order valence-corrected chi connectivity index (χ3v) is 3.00. The largest absolute Gasteiger partial charge is 0.380 e. The Morgan fingerprint density at radius 1 is 1.29 bits per heavy atom. The molecule has 0 aromatic rings. The van der Waals surface area contributed by atoms with Gasteiger partial charge in [-0.15, -0.1) is 11.6 Å². The van der Waals surface area contributed by atoms with Gasteiger partial charge in [0.1, 0.15) is 0 Å². The Morgan fingerprint density at radius 3 is 2.57 bits per heavy atom. The van der Waals surface area contributed by atoms with Gasteiger partial charge in [0.25, 0.3) is 0 Å². The molecule has 1 fully saturated rings. The minimum absolute atomic E-state index is 0.740. The van der Waals surface area contributed by atoms with Crippen LogP contribution in [0.25, 0.3) is 0 Å². The highest BCUT2D eigenvalue weighted by Gasteiger charge is 2.23. The smallest absolute Gasteiger partial charge is 0.0593 e. The molecule has 0 aromatic heterocycles. The van der Waals surface area contributed by atoms with Crippen molar-refractivity contribution in [2.24, 2.45) is 0 Å². The number of alkyl halides is 1. The first kappa shape index (κ1) is 12.3. The number of hydrogen-bond donors (Lipinski definition) is 0. The zero-order valence-electron chi connectivity index (χ0n) is 9.17. The van der Waals surface area contributed by atoms with Crippen LogP contribution in [0.3, 0.4) is 0 Å². The molecule has 0 amide bonds. The first-order chi connectivity index (χ1) is 6.88. The lowest BCUT2D eigenvalue weighted by Crippen LogP contribution is -2.43. The van der Waals surface area contributed by atoms with Gasteiger partial charge in [-0.25, -0.2) is 0 Å². The molecule has 1 aliphatic rings. The quantitative estimate of drug-likeness (QED) is 0.460. The van der Waals surface area contributed by atoms with Crippen LogP contribution in [0.2, 0.25) is 0 Å². The Labute approximate surface area is 92.6 Å². The second-order valence-corrected chi connectivity index (χ2v) is 4.30. The summed E-state index contributed by atoms with van der Waals surface area (Å²) < 4.78 is 5.49. The third kappa shape index (κ3) is 4.16. The number of nitrogens with zero attached hydrogens (tertiary/aromatic N) is 1. The predicted molar refractivity (Wildman–Crippen MR) is 61.0 cm³/mol. The second kappa shape index (κ2) is 7.49. The van der Waals surface area contributed by atoms with E-state index in [9.17, 15) is 0 Å². The average molecular weight is 220 g/mol. The Balaban J connectivity index is 2.08. The van der Waals surface area contributed by atoms with Crippen LogP contribution in [-0.4, -0.2) is 43.1 Å². The van der Waals surface area contributed by atoms with Crippen LogP contribution in [0.5, 0.6) is 0 Å². The summed E-state index contributed by atoms with van der Waals surface area (Å²) in [7, 11) is 0. The molecule has 0 saturated heterocycles. The maximum absolute atomic E-state index is 5.78. The summed E-state index contributed by atoms with van der Waals surface area (Å²) in [5, 5.41) is 0. The van der Waals surface area contributed by atoms with Crippen molar-refractivity contribution in [2.45, 2.75) is 38.6 Å². The molecule has 0 heterocycles. The molecule has 0 N–H and O–H groups in total. The number of rotatable bonds is 8. The van der Waals surface area contributed by atoms with Crippen LogP contribution >= 0.6 is 11.6 Å². The third-order valence-electron chi connectivity index (χ3n) is 2.83. The van der Waals surface area contributed by atoms with Crippen molar-refractivity contribution in [3.63, 3.8) is 0 Å². The highest BCUT2D eigenvalue weighted by atomic mass is 35.5. The topological polar surface area (TPSA) is 12.5 Å². The average Bonchev–Trinajstić information content (AvgIpc) is 2.10. The zero-order chi connectivity index (χ0) is 10.2. The fourth-order valence-corrected chi connectivity index (χ4v) is 1.98. The molecule has 1 saturated carbocycles. The summed E-state index contributed by atoms with van der Waals surface area (Å²) >= 11 is 5.78. The van der Waals surface area contributed by atoms with Crippen LogP contribution < -0.4 is 0 Å². The van der Waals surface area contributed by atoms with Crippen molar-refractivity contribution < 1.29 is 4.74 Å². The van der Waals surface area contributed by atoms with E-state index in [1.165, 1.54) is 19.3 Å². The molecule has 0 bridgehead atoms. The second-order valence-electron chi connectivity index (χ2n) is 3.92. The number of hydrogen-bond acceptors (Lipinski definition) is 2. The number of ether oxygens (including phenoxy) is 1.